The Balaban J connectivity index is 1.59. The van der Waals surface area contributed by atoms with Crippen LogP contribution in [0.4, 0.5) is 0 Å². The van der Waals surface area contributed by atoms with Crippen molar-refractivity contribution in [3.05, 3.63) is 72.1 Å². The van der Waals surface area contributed by atoms with E-state index in [1.807, 2.05) is 60.9 Å². The maximum atomic E-state index is 13.7. The van der Waals surface area contributed by atoms with Gasteiger partial charge in [0.15, 0.2) is 6.61 Å². The van der Waals surface area contributed by atoms with E-state index >= 15 is 0 Å². The lowest BCUT2D eigenvalue weighted by Crippen LogP contribution is -2.57. The summed E-state index contributed by atoms with van der Waals surface area (Å²) in [6.07, 6.45) is 5.69. The molecule has 0 aliphatic heterocycles. The predicted octanol–water partition coefficient (Wildman–Crippen LogP) is 1.63. The van der Waals surface area contributed by atoms with Crippen molar-refractivity contribution in [2.75, 3.05) is 6.61 Å². The zero-order valence-corrected chi connectivity index (χ0v) is 21.9. The summed E-state index contributed by atoms with van der Waals surface area (Å²) in [7, 11) is 0. The molecule has 11 nitrogen and oxygen atoms in total. The van der Waals surface area contributed by atoms with Gasteiger partial charge in [0, 0.05) is 40.6 Å². The summed E-state index contributed by atoms with van der Waals surface area (Å²) in [5.41, 5.74) is 13.6. The Labute approximate surface area is 225 Å². The molecule has 11 heteroatoms. The van der Waals surface area contributed by atoms with Gasteiger partial charge >= 0.3 is 0 Å². The van der Waals surface area contributed by atoms with Crippen LogP contribution in [0.2, 0.25) is 0 Å². The molecule has 204 valence electrons. The number of aromatic amines is 2. The summed E-state index contributed by atoms with van der Waals surface area (Å²) in [5.74, 6) is -1.56. The van der Waals surface area contributed by atoms with Crippen LogP contribution in [0.3, 0.4) is 0 Å². The van der Waals surface area contributed by atoms with Gasteiger partial charge in [-0.3, -0.25) is 14.4 Å². The van der Waals surface area contributed by atoms with Crippen LogP contribution in [0.15, 0.2) is 66.1 Å². The number of rotatable bonds is 12. The average Bonchev–Trinajstić information content (AvgIpc) is 3.49. The van der Waals surface area contributed by atoms with E-state index in [1.54, 1.807) is 13.8 Å². The third-order valence-electron chi connectivity index (χ3n) is 6.27. The van der Waals surface area contributed by atoms with Gasteiger partial charge in [-0.25, -0.2) is 0 Å². The summed E-state index contributed by atoms with van der Waals surface area (Å²) >= 11 is 0. The number of amides is 3. The minimum atomic E-state index is -1.19. The number of carbonyl (C=O) groups excluding carboxylic acids is 3. The molecule has 2 atom stereocenters. The Morgan fingerprint density at radius 1 is 0.949 bits per heavy atom. The van der Waals surface area contributed by atoms with Crippen LogP contribution in [0.5, 0.6) is 0 Å². The van der Waals surface area contributed by atoms with Gasteiger partial charge in [-0.2, -0.15) is 0 Å². The van der Waals surface area contributed by atoms with E-state index in [0.717, 1.165) is 32.9 Å². The van der Waals surface area contributed by atoms with Crippen molar-refractivity contribution in [2.45, 2.75) is 44.3 Å². The van der Waals surface area contributed by atoms with Gasteiger partial charge in [-0.15, -0.1) is 0 Å². The van der Waals surface area contributed by atoms with Gasteiger partial charge < -0.3 is 36.9 Å². The first-order chi connectivity index (χ1) is 18.6. The first kappa shape index (κ1) is 27.4. The van der Waals surface area contributed by atoms with Gasteiger partial charge in [0.25, 0.3) is 5.91 Å². The molecule has 0 saturated heterocycles. The molecule has 4 aromatic rings. The molecule has 0 aliphatic carbocycles. The zero-order valence-electron chi connectivity index (χ0n) is 21.9. The Morgan fingerprint density at radius 2 is 1.51 bits per heavy atom. The van der Waals surface area contributed by atoms with Crippen LogP contribution in [0.25, 0.3) is 21.8 Å². The molecular formula is C28H33N7O4. The molecule has 8 N–H and O–H groups in total. The standard InChI is InChI=1S/C28H33N7O4/c1-28(2,30)27(38)35-24(12-18-14-32-23-10-6-4-8-21(18)23)26(37)34-19(15-33-39-16-25(29)36)11-17-13-31-22-9-5-3-7-20(17)22/h3-10,13-15,19,24,31-32H,11-12,16,30H2,1-2H3,(H2,29,36)(H,34,37)(H,35,38)/b33-15+/t19-,24?/m1/s1. The van der Waals surface area contributed by atoms with Gasteiger partial charge in [0.05, 0.1) is 17.8 Å². The number of nitrogens with zero attached hydrogens (tertiary/aromatic N) is 1. The molecule has 2 heterocycles. The number of nitrogens with one attached hydrogen (secondary N) is 4. The minimum Gasteiger partial charge on any atom is -0.386 e. The molecule has 1 unspecified atom stereocenters. The second-order valence-electron chi connectivity index (χ2n) is 9.98. The van der Waals surface area contributed by atoms with E-state index < -0.39 is 42.0 Å². The smallest absolute Gasteiger partial charge is 0.258 e. The average molecular weight is 532 g/mol. The van der Waals surface area contributed by atoms with Crippen molar-refractivity contribution in [3.63, 3.8) is 0 Å². The van der Waals surface area contributed by atoms with E-state index in [4.69, 9.17) is 16.3 Å². The minimum absolute atomic E-state index is 0.229. The summed E-state index contributed by atoms with van der Waals surface area (Å²) in [6.45, 7) is 2.76. The van der Waals surface area contributed by atoms with Crippen LogP contribution < -0.4 is 22.1 Å². The molecular weight excluding hydrogens is 498 g/mol. The molecule has 4 rings (SSSR count). The molecule has 3 amide bonds. The fourth-order valence-corrected chi connectivity index (χ4v) is 4.25. The van der Waals surface area contributed by atoms with E-state index in [9.17, 15) is 14.4 Å². The van der Waals surface area contributed by atoms with Crippen molar-refractivity contribution in [2.24, 2.45) is 16.6 Å². The van der Waals surface area contributed by atoms with Crippen LogP contribution in [-0.2, 0) is 32.1 Å². The third-order valence-corrected chi connectivity index (χ3v) is 6.27. The van der Waals surface area contributed by atoms with Gasteiger partial charge in [0.2, 0.25) is 11.8 Å². The number of hydrogen-bond acceptors (Lipinski definition) is 6. The van der Waals surface area contributed by atoms with E-state index in [-0.39, 0.29) is 6.42 Å². The summed E-state index contributed by atoms with van der Waals surface area (Å²) in [5, 5.41) is 11.6. The van der Waals surface area contributed by atoms with Crippen LogP contribution in [0, 0.1) is 0 Å². The van der Waals surface area contributed by atoms with E-state index in [0.29, 0.717) is 6.42 Å². The third kappa shape index (κ3) is 7.02. The number of nitrogens with two attached hydrogens (primary N) is 2. The SMILES string of the molecule is CC(C)(N)C(=O)NC(Cc1c[nH]c2ccccc12)C(=O)N[C@@H](/C=N/OCC(N)=O)Cc1c[nH]c2ccccc12. The molecule has 2 aromatic carbocycles. The second-order valence-corrected chi connectivity index (χ2v) is 9.98. The number of para-hydroxylation sites is 2. The number of benzene rings is 2. The maximum absolute atomic E-state index is 13.7. The van der Waals surface area contributed by atoms with Crippen molar-refractivity contribution in [1.82, 2.24) is 20.6 Å². The lowest BCUT2D eigenvalue weighted by Gasteiger charge is -2.25. The molecule has 2 aromatic heterocycles. The quantitative estimate of drug-likeness (QED) is 0.120. The molecule has 0 bridgehead atoms. The number of primary amides is 1. The molecule has 0 saturated carbocycles. The largest absolute Gasteiger partial charge is 0.386 e. The molecule has 39 heavy (non-hydrogen) atoms. The zero-order chi connectivity index (χ0) is 28.0. The molecule has 0 aliphatic rings. The van der Waals surface area contributed by atoms with Crippen molar-refractivity contribution < 1.29 is 19.2 Å². The first-order valence-corrected chi connectivity index (χ1v) is 12.6. The highest BCUT2D eigenvalue weighted by molar-refractivity contribution is 5.93. The Kier molecular flexibility index (Phi) is 8.30. The monoisotopic (exact) mass is 531 g/mol. The fraction of sp³-hybridized carbons (Fsp3) is 0.286. The summed E-state index contributed by atoms with van der Waals surface area (Å²) < 4.78 is 0. The van der Waals surface area contributed by atoms with Crippen molar-refractivity contribution >= 4 is 45.7 Å². The highest BCUT2D eigenvalue weighted by atomic mass is 16.6. The van der Waals surface area contributed by atoms with Gasteiger partial charge in [-0.1, -0.05) is 41.6 Å². The molecule has 0 spiro atoms. The Bertz CT molecular complexity index is 1500. The highest BCUT2D eigenvalue weighted by Crippen LogP contribution is 2.21. The molecule has 0 fully saturated rings. The topological polar surface area (TPSA) is 180 Å². The predicted molar refractivity (Wildman–Crippen MR) is 150 cm³/mol. The van der Waals surface area contributed by atoms with Crippen molar-refractivity contribution in [1.29, 1.82) is 0 Å². The van der Waals surface area contributed by atoms with Gasteiger partial charge in [-0.05, 0) is 43.5 Å². The van der Waals surface area contributed by atoms with Crippen LogP contribution >= 0.6 is 0 Å². The lowest BCUT2D eigenvalue weighted by atomic mass is 10.0. The van der Waals surface area contributed by atoms with Crippen LogP contribution in [0.1, 0.15) is 25.0 Å². The molecule has 0 radical (unpaired) electrons. The Morgan fingerprint density at radius 3 is 2.08 bits per heavy atom. The maximum Gasteiger partial charge on any atom is 0.258 e. The lowest BCUT2D eigenvalue weighted by molar-refractivity contribution is -0.131. The number of carbonyl (C=O) groups is 3. The number of hydrogen-bond donors (Lipinski definition) is 6. The first-order valence-electron chi connectivity index (χ1n) is 12.6. The van der Waals surface area contributed by atoms with E-state index in [1.165, 1.54) is 6.21 Å². The number of H-pyrrole nitrogens is 2. The highest BCUT2D eigenvalue weighted by Gasteiger charge is 2.30. The summed E-state index contributed by atoms with van der Waals surface area (Å²) in [4.78, 5) is 48.9. The second kappa shape index (κ2) is 11.8. The fourth-order valence-electron chi connectivity index (χ4n) is 4.25. The van der Waals surface area contributed by atoms with Crippen molar-refractivity contribution in [3.8, 4) is 0 Å². The number of oxime groups is 1. The van der Waals surface area contributed by atoms with Crippen LogP contribution in [-0.4, -0.2) is 58.1 Å². The summed E-state index contributed by atoms with van der Waals surface area (Å²) in [6, 6.07) is 14.0. The number of aromatic nitrogens is 2. The Hall–Kier alpha value is -4.64. The number of fused-ring (bicyclic) bond motifs is 2. The van der Waals surface area contributed by atoms with Gasteiger partial charge in [0.1, 0.15) is 6.04 Å². The van der Waals surface area contributed by atoms with E-state index in [2.05, 4.69) is 25.8 Å². The normalized spacial score (nSPS) is 13.4.